The molecule has 0 saturated carbocycles. The van der Waals surface area contributed by atoms with Gasteiger partial charge in [0, 0.05) is 35.8 Å². The molecule has 0 aliphatic rings. The molecule has 0 saturated heterocycles. The van der Waals surface area contributed by atoms with Crippen molar-refractivity contribution in [2.75, 3.05) is 5.32 Å². The SMILES string of the molecule is CC(C(=O)Nc1ncc(C#N)s1)c1cncc(-c2ccc(C=CC(=O)NC=O)nc2)c1. The second-order valence-electron chi connectivity index (χ2n) is 6.29. The second kappa shape index (κ2) is 10.00. The van der Waals surface area contributed by atoms with Crippen LogP contribution >= 0.6 is 11.3 Å². The van der Waals surface area contributed by atoms with Gasteiger partial charge in [-0.2, -0.15) is 5.26 Å². The number of nitrogens with one attached hydrogen (secondary N) is 2. The normalized spacial score (nSPS) is 11.5. The Bertz CT molecular complexity index is 1180. The van der Waals surface area contributed by atoms with Gasteiger partial charge in [-0.3, -0.25) is 29.7 Å². The summed E-state index contributed by atoms with van der Waals surface area (Å²) in [6.45, 7) is 1.76. The third-order valence-electron chi connectivity index (χ3n) is 4.23. The molecule has 0 spiro atoms. The number of carbonyl (C=O) groups is 3. The first-order chi connectivity index (χ1) is 15.0. The average Bonchev–Trinajstić information content (AvgIpc) is 3.25. The fraction of sp³-hybridized carbons (Fsp3) is 0.0952. The van der Waals surface area contributed by atoms with E-state index in [4.69, 9.17) is 5.26 Å². The highest BCUT2D eigenvalue weighted by Crippen LogP contribution is 2.25. The number of hydrogen-bond acceptors (Lipinski definition) is 8. The van der Waals surface area contributed by atoms with Crippen molar-refractivity contribution in [1.82, 2.24) is 20.3 Å². The number of pyridine rings is 2. The number of hydrogen-bond donors (Lipinski definition) is 2. The molecule has 1 atom stereocenters. The van der Waals surface area contributed by atoms with Crippen LogP contribution in [-0.4, -0.2) is 33.2 Å². The minimum Gasteiger partial charge on any atom is -0.301 e. The van der Waals surface area contributed by atoms with Crippen molar-refractivity contribution < 1.29 is 14.4 Å². The number of imide groups is 1. The Balaban J connectivity index is 1.71. The number of anilines is 1. The fourth-order valence-corrected chi connectivity index (χ4v) is 3.16. The van der Waals surface area contributed by atoms with Crippen LogP contribution in [0.15, 0.2) is 49.1 Å². The van der Waals surface area contributed by atoms with Gasteiger partial charge in [0.2, 0.25) is 18.2 Å². The molecular weight excluding hydrogens is 416 g/mol. The molecule has 3 aromatic heterocycles. The number of nitrogens with zero attached hydrogens (tertiary/aromatic N) is 4. The summed E-state index contributed by atoms with van der Waals surface area (Å²) in [5.74, 6) is -1.29. The third kappa shape index (κ3) is 5.65. The predicted octanol–water partition coefficient (Wildman–Crippen LogP) is 2.50. The number of rotatable bonds is 7. The van der Waals surface area contributed by atoms with Gasteiger partial charge in [-0.15, -0.1) is 0 Å². The smallest absolute Gasteiger partial charge is 0.250 e. The minimum atomic E-state index is -0.536. The van der Waals surface area contributed by atoms with Gasteiger partial charge in [0.05, 0.1) is 17.8 Å². The van der Waals surface area contributed by atoms with Crippen LogP contribution in [0.3, 0.4) is 0 Å². The summed E-state index contributed by atoms with van der Waals surface area (Å²) >= 11 is 1.11. The minimum absolute atomic E-state index is 0.259. The highest BCUT2D eigenvalue weighted by Gasteiger charge is 2.18. The van der Waals surface area contributed by atoms with Gasteiger partial charge in [-0.05, 0) is 30.7 Å². The van der Waals surface area contributed by atoms with Crippen LogP contribution in [0.25, 0.3) is 17.2 Å². The molecule has 9 nitrogen and oxygen atoms in total. The van der Waals surface area contributed by atoms with E-state index in [9.17, 15) is 14.4 Å². The summed E-state index contributed by atoms with van der Waals surface area (Å²) in [6, 6.07) is 7.37. The zero-order valence-electron chi connectivity index (χ0n) is 16.3. The van der Waals surface area contributed by atoms with Crippen molar-refractivity contribution in [3.8, 4) is 17.2 Å². The Kier molecular flexibility index (Phi) is 6.93. The van der Waals surface area contributed by atoms with Crippen LogP contribution in [0.1, 0.15) is 29.0 Å². The first-order valence-electron chi connectivity index (χ1n) is 9.00. The summed E-state index contributed by atoms with van der Waals surface area (Å²) in [6.07, 6.45) is 9.33. The molecular formula is C21H16N6O3S. The maximum Gasteiger partial charge on any atom is 0.250 e. The van der Waals surface area contributed by atoms with E-state index in [2.05, 4.69) is 20.3 Å². The van der Waals surface area contributed by atoms with Gasteiger partial charge in [-0.1, -0.05) is 17.4 Å². The van der Waals surface area contributed by atoms with Crippen molar-refractivity contribution >= 4 is 40.8 Å². The quantitative estimate of drug-likeness (QED) is 0.432. The van der Waals surface area contributed by atoms with Gasteiger partial charge in [-0.25, -0.2) is 4.98 Å². The zero-order chi connectivity index (χ0) is 22.2. The molecule has 0 bridgehead atoms. The van der Waals surface area contributed by atoms with E-state index in [-0.39, 0.29) is 5.91 Å². The van der Waals surface area contributed by atoms with Crippen LogP contribution in [0.4, 0.5) is 5.13 Å². The van der Waals surface area contributed by atoms with E-state index < -0.39 is 11.8 Å². The molecule has 2 N–H and O–H groups in total. The maximum atomic E-state index is 12.5. The first kappa shape index (κ1) is 21.5. The van der Waals surface area contributed by atoms with Gasteiger partial charge in [0.1, 0.15) is 10.9 Å². The zero-order valence-corrected chi connectivity index (χ0v) is 17.1. The predicted molar refractivity (Wildman–Crippen MR) is 115 cm³/mol. The van der Waals surface area contributed by atoms with Crippen LogP contribution in [0.2, 0.25) is 0 Å². The summed E-state index contributed by atoms with van der Waals surface area (Å²) < 4.78 is 0. The molecule has 10 heteroatoms. The number of thiazole rings is 1. The van der Waals surface area contributed by atoms with Gasteiger partial charge in [0.25, 0.3) is 0 Å². The highest BCUT2D eigenvalue weighted by molar-refractivity contribution is 7.16. The van der Waals surface area contributed by atoms with Crippen LogP contribution < -0.4 is 10.6 Å². The number of amides is 3. The lowest BCUT2D eigenvalue weighted by Crippen LogP contribution is -2.18. The molecule has 3 amide bonds. The molecule has 1 unspecified atom stereocenters. The largest absolute Gasteiger partial charge is 0.301 e. The highest BCUT2D eigenvalue weighted by atomic mass is 32.1. The van der Waals surface area contributed by atoms with Crippen LogP contribution in [0.5, 0.6) is 0 Å². The summed E-state index contributed by atoms with van der Waals surface area (Å²) in [5, 5.41) is 13.9. The van der Waals surface area contributed by atoms with E-state index in [0.717, 1.165) is 22.5 Å². The number of carbonyl (C=O) groups excluding carboxylic acids is 3. The Morgan fingerprint density at radius 1 is 1.16 bits per heavy atom. The second-order valence-corrected chi connectivity index (χ2v) is 7.32. The van der Waals surface area contributed by atoms with E-state index in [1.54, 1.807) is 31.6 Å². The summed E-state index contributed by atoms with van der Waals surface area (Å²) in [7, 11) is 0. The van der Waals surface area contributed by atoms with E-state index in [0.29, 0.717) is 27.7 Å². The standard InChI is InChI=1S/C21H16N6O3S/c1-13(20(30)27-21-25-11-18(7-22)31-21)15-6-16(9-23-8-15)14-2-3-17(24-10-14)4-5-19(29)26-12-28/h2-6,8-13H,1H3,(H,25,27,30)(H,26,28,29). The maximum absolute atomic E-state index is 12.5. The monoisotopic (exact) mass is 432 g/mol. The lowest BCUT2D eigenvalue weighted by molar-refractivity contribution is -0.121. The molecule has 0 aromatic carbocycles. The van der Waals surface area contributed by atoms with Crippen LogP contribution in [0, 0.1) is 11.3 Å². The molecule has 0 radical (unpaired) electrons. The number of aromatic nitrogens is 3. The van der Waals surface area contributed by atoms with E-state index in [1.807, 2.05) is 23.5 Å². The molecule has 154 valence electrons. The van der Waals surface area contributed by atoms with Crippen molar-refractivity contribution in [1.29, 1.82) is 5.26 Å². The number of nitriles is 1. The fourth-order valence-electron chi connectivity index (χ4n) is 2.54. The molecule has 0 fully saturated rings. The Morgan fingerprint density at radius 2 is 2.00 bits per heavy atom. The Labute approximate surface area is 181 Å². The van der Waals surface area contributed by atoms with Crippen LogP contribution in [-0.2, 0) is 14.4 Å². The molecule has 0 aliphatic heterocycles. The van der Waals surface area contributed by atoms with E-state index >= 15 is 0 Å². The molecule has 3 rings (SSSR count). The van der Waals surface area contributed by atoms with Gasteiger partial charge >= 0.3 is 0 Å². The van der Waals surface area contributed by atoms with Crippen molar-refractivity contribution in [2.24, 2.45) is 0 Å². The molecule has 3 heterocycles. The van der Waals surface area contributed by atoms with Gasteiger partial charge < -0.3 is 5.32 Å². The van der Waals surface area contributed by atoms with Crippen molar-refractivity contribution in [2.45, 2.75) is 12.8 Å². The lowest BCUT2D eigenvalue weighted by Gasteiger charge is -2.12. The third-order valence-corrected chi connectivity index (χ3v) is 5.04. The average molecular weight is 432 g/mol. The topological polar surface area (TPSA) is 138 Å². The Morgan fingerprint density at radius 3 is 2.68 bits per heavy atom. The molecule has 31 heavy (non-hydrogen) atoms. The van der Waals surface area contributed by atoms with Crippen molar-refractivity contribution in [3.05, 3.63) is 65.2 Å². The Hall–Kier alpha value is -4.23. The van der Waals surface area contributed by atoms with E-state index in [1.165, 1.54) is 18.3 Å². The van der Waals surface area contributed by atoms with Crippen molar-refractivity contribution in [3.63, 3.8) is 0 Å². The summed E-state index contributed by atoms with van der Waals surface area (Å²) in [4.78, 5) is 47.0. The lowest BCUT2D eigenvalue weighted by atomic mass is 9.99. The van der Waals surface area contributed by atoms with Gasteiger partial charge in [0.15, 0.2) is 5.13 Å². The molecule has 0 aliphatic carbocycles. The first-order valence-corrected chi connectivity index (χ1v) is 9.82. The molecule has 3 aromatic rings. The summed E-state index contributed by atoms with van der Waals surface area (Å²) in [5.41, 5.74) is 2.82.